The van der Waals surface area contributed by atoms with Crippen LogP contribution in [0.15, 0.2) is 23.1 Å². The molecule has 1 aromatic carbocycles. The second kappa shape index (κ2) is 7.33. The lowest BCUT2D eigenvalue weighted by molar-refractivity contribution is -0.0317. The van der Waals surface area contributed by atoms with E-state index in [4.69, 9.17) is 8.92 Å². The number of aryl methyl sites for hydroxylation is 2. The van der Waals surface area contributed by atoms with E-state index in [1.54, 1.807) is 32.9 Å². The molecular weight excluding hydrogens is 342 g/mol. The lowest BCUT2D eigenvalue weighted by Crippen LogP contribution is -2.48. The number of carbonyl (C=O) groups excluding carboxylic acids is 1. The van der Waals surface area contributed by atoms with E-state index < -0.39 is 28.0 Å². The molecule has 7 heteroatoms. The van der Waals surface area contributed by atoms with Crippen LogP contribution in [0.2, 0.25) is 0 Å². The molecule has 0 aliphatic carbocycles. The first-order valence-electron chi connectivity index (χ1n) is 8.50. The van der Waals surface area contributed by atoms with Crippen molar-refractivity contribution in [1.82, 2.24) is 4.90 Å². The molecule has 1 aromatic rings. The SMILES string of the molecule is Cc1ccc(S(=O)(=O)OC2CCCCN2C(=O)OC(C)(C)C)cc1C. The van der Waals surface area contributed by atoms with E-state index in [1.165, 1.54) is 11.0 Å². The number of piperidine rings is 1. The van der Waals surface area contributed by atoms with Gasteiger partial charge in [0, 0.05) is 6.54 Å². The monoisotopic (exact) mass is 369 g/mol. The number of hydrogen-bond donors (Lipinski definition) is 0. The van der Waals surface area contributed by atoms with Crippen LogP contribution in [-0.4, -0.2) is 37.8 Å². The first-order valence-corrected chi connectivity index (χ1v) is 9.90. The Kier molecular flexibility index (Phi) is 5.79. The highest BCUT2D eigenvalue weighted by Gasteiger charge is 2.34. The lowest BCUT2D eigenvalue weighted by Gasteiger charge is -2.35. The van der Waals surface area contributed by atoms with Crippen LogP contribution >= 0.6 is 0 Å². The maximum Gasteiger partial charge on any atom is 0.412 e. The summed E-state index contributed by atoms with van der Waals surface area (Å²) >= 11 is 0. The summed E-state index contributed by atoms with van der Waals surface area (Å²) < 4.78 is 36.0. The fourth-order valence-corrected chi connectivity index (χ4v) is 3.76. The van der Waals surface area contributed by atoms with Crippen LogP contribution in [-0.2, 0) is 19.0 Å². The van der Waals surface area contributed by atoms with Crippen molar-refractivity contribution in [3.63, 3.8) is 0 Å². The molecule has 0 radical (unpaired) electrons. The summed E-state index contributed by atoms with van der Waals surface area (Å²) in [5.41, 5.74) is 1.23. The van der Waals surface area contributed by atoms with Crippen LogP contribution in [0.5, 0.6) is 0 Å². The molecule has 1 saturated heterocycles. The molecule has 0 spiro atoms. The summed E-state index contributed by atoms with van der Waals surface area (Å²) in [5.74, 6) is 0. The average Bonchev–Trinajstić information content (AvgIpc) is 2.48. The zero-order valence-corrected chi connectivity index (χ0v) is 16.4. The molecule has 2 rings (SSSR count). The number of hydrogen-bond acceptors (Lipinski definition) is 5. The Labute approximate surface area is 150 Å². The first kappa shape index (κ1) is 19.7. The molecule has 140 valence electrons. The van der Waals surface area contributed by atoms with Gasteiger partial charge in [0.05, 0.1) is 4.90 Å². The van der Waals surface area contributed by atoms with Crippen LogP contribution < -0.4 is 0 Å². The summed E-state index contributed by atoms with van der Waals surface area (Å²) in [4.78, 5) is 13.8. The molecule has 1 unspecified atom stereocenters. The Morgan fingerprint density at radius 1 is 1.16 bits per heavy atom. The van der Waals surface area contributed by atoms with Gasteiger partial charge in [0.1, 0.15) is 5.60 Å². The van der Waals surface area contributed by atoms with Gasteiger partial charge in [0.2, 0.25) is 0 Å². The van der Waals surface area contributed by atoms with Gasteiger partial charge in [-0.05, 0) is 77.1 Å². The molecule has 1 fully saturated rings. The lowest BCUT2D eigenvalue weighted by atomic mass is 10.1. The Morgan fingerprint density at radius 2 is 1.84 bits per heavy atom. The summed E-state index contributed by atoms with van der Waals surface area (Å²) in [6, 6.07) is 4.86. The molecule has 1 heterocycles. The molecule has 0 N–H and O–H groups in total. The maximum absolute atomic E-state index is 12.6. The van der Waals surface area contributed by atoms with Crippen LogP contribution in [0.3, 0.4) is 0 Å². The standard InChI is InChI=1S/C18H27NO5S/c1-13-9-10-15(12-14(13)2)25(21,22)24-16-8-6-7-11-19(16)17(20)23-18(3,4)5/h9-10,12,16H,6-8,11H2,1-5H3. The number of carbonyl (C=O) groups is 1. The largest absolute Gasteiger partial charge is 0.444 e. The third-order valence-corrected chi connectivity index (χ3v) is 5.39. The van der Waals surface area contributed by atoms with E-state index in [2.05, 4.69) is 0 Å². The van der Waals surface area contributed by atoms with E-state index in [0.29, 0.717) is 13.0 Å². The van der Waals surface area contributed by atoms with Crippen molar-refractivity contribution in [3.8, 4) is 0 Å². The summed E-state index contributed by atoms with van der Waals surface area (Å²) in [6.45, 7) is 9.51. The highest BCUT2D eigenvalue weighted by molar-refractivity contribution is 7.86. The number of likely N-dealkylation sites (tertiary alicyclic amines) is 1. The number of amides is 1. The molecule has 1 atom stereocenters. The van der Waals surface area contributed by atoms with Crippen LogP contribution in [0.1, 0.15) is 51.2 Å². The third kappa shape index (κ3) is 5.19. The number of ether oxygens (including phenoxy) is 1. The molecule has 0 saturated carbocycles. The highest BCUT2D eigenvalue weighted by Crippen LogP contribution is 2.25. The predicted molar refractivity (Wildman–Crippen MR) is 94.8 cm³/mol. The van der Waals surface area contributed by atoms with E-state index in [9.17, 15) is 13.2 Å². The minimum Gasteiger partial charge on any atom is -0.444 e. The van der Waals surface area contributed by atoms with E-state index in [1.807, 2.05) is 13.8 Å². The number of rotatable bonds is 3. The normalized spacial score (nSPS) is 18.9. The number of benzene rings is 1. The van der Waals surface area contributed by atoms with E-state index in [-0.39, 0.29) is 4.90 Å². The predicted octanol–water partition coefficient (Wildman–Crippen LogP) is 3.76. The molecule has 0 bridgehead atoms. The van der Waals surface area contributed by atoms with Crippen LogP contribution in [0, 0.1) is 13.8 Å². The summed E-state index contributed by atoms with van der Waals surface area (Å²) in [6.07, 6.45) is 0.668. The van der Waals surface area contributed by atoms with Gasteiger partial charge >= 0.3 is 6.09 Å². The second-order valence-electron chi connectivity index (χ2n) is 7.42. The van der Waals surface area contributed by atoms with Gasteiger partial charge in [-0.25, -0.2) is 8.98 Å². The first-order chi connectivity index (χ1) is 11.5. The Balaban J connectivity index is 2.19. The fraction of sp³-hybridized carbons (Fsp3) is 0.611. The van der Waals surface area contributed by atoms with Crippen molar-refractivity contribution in [2.45, 2.75) is 70.6 Å². The van der Waals surface area contributed by atoms with Gasteiger partial charge in [-0.2, -0.15) is 8.42 Å². The summed E-state index contributed by atoms with van der Waals surface area (Å²) in [7, 11) is -3.96. The quantitative estimate of drug-likeness (QED) is 0.759. The molecule has 1 aliphatic heterocycles. The topological polar surface area (TPSA) is 72.9 Å². The maximum atomic E-state index is 12.6. The van der Waals surface area contributed by atoms with E-state index >= 15 is 0 Å². The summed E-state index contributed by atoms with van der Waals surface area (Å²) in [5, 5.41) is 0. The van der Waals surface area contributed by atoms with Crippen LogP contribution in [0.4, 0.5) is 4.79 Å². The van der Waals surface area contributed by atoms with Crippen molar-refractivity contribution in [3.05, 3.63) is 29.3 Å². The van der Waals surface area contributed by atoms with E-state index in [0.717, 1.165) is 24.0 Å². The number of nitrogens with zero attached hydrogens (tertiary/aromatic N) is 1. The zero-order valence-electron chi connectivity index (χ0n) is 15.5. The Morgan fingerprint density at radius 3 is 2.44 bits per heavy atom. The fourth-order valence-electron chi connectivity index (χ4n) is 2.60. The van der Waals surface area contributed by atoms with Gasteiger partial charge in [-0.1, -0.05) is 6.07 Å². The Hall–Kier alpha value is -1.60. The minimum absolute atomic E-state index is 0.102. The smallest absolute Gasteiger partial charge is 0.412 e. The molecule has 1 aliphatic rings. The molecule has 1 amide bonds. The van der Waals surface area contributed by atoms with Gasteiger partial charge in [0.25, 0.3) is 10.1 Å². The van der Waals surface area contributed by atoms with Gasteiger partial charge in [0.15, 0.2) is 6.23 Å². The molecule has 0 aromatic heterocycles. The average molecular weight is 369 g/mol. The van der Waals surface area contributed by atoms with Crippen molar-refractivity contribution >= 4 is 16.2 Å². The minimum atomic E-state index is -3.96. The zero-order chi connectivity index (χ0) is 18.8. The Bertz CT molecular complexity index is 736. The van der Waals surface area contributed by atoms with Crippen LogP contribution in [0.25, 0.3) is 0 Å². The molecule has 25 heavy (non-hydrogen) atoms. The van der Waals surface area contributed by atoms with Crippen molar-refractivity contribution in [2.75, 3.05) is 6.54 Å². The third-order valence-electron chi connectivity index (χ3n) is 4.08. The van der Waals surface area contributed by atoms with Crippen molar-refractivity contribution < 1.29 is 22.1 Å². The van der Waals surface area contributed by atoms with Crippen molar-refractivity contribution in [2.24, 2.45) is 0 Å². The van der Waals surface area contributed by atoms with Crippen molar-refractivity contribution in [1.29, 1.82) is 0 Å². The second-order valence-corrected chi connectivity index (χ2v) is 8.99. The molecular formula is C18H27NO5S. The molecule has 6 nitrogen and oxygen atoms in total. The van der Waals surface area contributed by atoms with Gasteiger partial charge in [-0.15, -0.1) is 0 Å². The van der Waals surface area contributed by atoms with Gasteiger partial charge in [-0.3, -0.25) is 4.90 Å². The van der Waals surface area contributed by atoms with Gasteiger partial charge < -0.3 is 4.74 Å². The highest BCUT2D eigenvalue weighted by atomic mass is 32.2.